The van der Waals surface area contributed by atoms with Crippen molar-refractivity contribution in [3.63, 3.8) is 0 Å². The molecular weight excluding hydrogens is 566 g/mol. The monoisotopic (exact) mass is 590 g/mol. The van der Waals surface area contributed by atoms with Gasteiger partial charge in [0.1, 0.15) is 22.7 Å². The van der Waals surface area contributed by atoms with Crippen molar-refractivity contribution < 1.29 is 18.7 Å². The first kappa shape index (κ1) is 26.2. The predicted octanol–water partition coefficient (Wildman–Crippen LogP) is 4.72. The summed E-state index contributed by atoms with van der Waals surface area (Å²) in [6, 6.07) is 7.20. The van der Waals surface area contributed by atoms with E-state index < -0.39 is 11.9 Å². The van der Waals surface area contributed by atoms with Gasteiger partial charge in [0, 0.05) is 43.8 Å². The van der Waals surface area contributed by atoms with Gasteiger partial charge in [-0.1, -0.05) is 40.6 Å². The molecule has 3 aromatic heterocycles. The number of halogens is 3. The summed E-state index contributed by atoms with van der Waals surface area (Å²) in [5.74, 6) is 0.149. The van der Waals surface area contributed by atoms with E-state index in [-0.39, 0.29) is 34.0 Å². The number of carbonyl (C=O) groups is 1. The lowest BCUT2D eigenvalue weighted by atomic mass is 9.95. The van der Waals surface area contributed by atoms with Gasteiger partial charge in [0.25, 0.3) is 5.91 Å². The lowest BCUT2D eigenvalue weighted by Gasteiger charge is -2.47. The fraction of sp³-hybridized carbons (Fsp3) is 0.385. The van der Waals surface area contributed by atoms with Crippen molar-refractivity contribution in [2.24, 2.45) is 0 Å². The van der Waals surface area contributed by atoms with Gasteiger partial charge in [-0.2, -0.15) is 5.10 Å². The number of fused-ring (bicyclic) bond motifs is 3. The SMILES string of the molecule is COC1(C)CN(c2ccc(OCC(=O)N3CCc4nc5sc(C)nn5c4C3c3ccc(Cl)cc3F)c(Cl)n2)C1. The molecule has 1 amide bonds. The highest BCUT2D eigenvalue weighted by Crippen LogP contribution is 2.38. The molecule has 9 nitrogen and oxygen atoms in total. The van der Waals surface area contributed by atoms with Gasteiger partial charge in [-0.25, -0.2) is 18.9 Å². The van der Waals surface area contributed by atoms with E-state index >= 15 is 4.39 Å². The summed E-state index contributed by atoms with van der Waals surface area (Å²) in [5, 5.41) is 5.82. The van der Waals surface area contributed by atoms with Gasteiger partial charge in [0.15, 0.2) is 17.5 Å². The second-order valence-corrected chi connectivity index (χ2v) is 11.9. The van der Waals surface area contributed by atoms with Gasteiger partial charge in [0.2, 0.25) is 4.96 Å². The van der Waals surface area contributed by atoms with Crippen LogP contribution in [0.15, 0.2) is 30.3 Å². The number of methoxy groups -OCH3 is 1. The molecule has 0 spiro atoms. The highest BCUT2D eigenvalue weighted by molar-refractivity contribution is 7.16. The number of aromatic nitrogens is 4. The molecular formula is C26H25Cl2FN6O3S. The molecule has 1 atom stereocenters. The van der Waals surface area contributed by atoms with Crippen molar-refractivity contribution in [3.8, 4) is 5.75 Å². The van der Waals surface area contributed by atoms with Crippen molar-refractivity contribution in [3.05, 3.63) is 68.3 Å². The molecule has 0 saturated carbocycles. The number of carbonyl (C=O) groups excluding carboxylic acids is 1. The van der Waals surface area contributed by atoms with Crippen molar-refractivity contribution in [2.75, 3.05) is 38.3 Å². The number of aryl methyl sites for hydroxylation is 1. The van der Waals surface area contributed by atoms with Crippen LogP contribution < -0.4 is 9.64 Å². The Labute approximate surface area is 238 Å². The van der Waals surface area contributed by atoms with E-state index in [1.807, 2.05) is 18.7 Å². The third-order valence-electron chi connectivity index (χ3n) is 7.17. The van der Waals surface area contributed by atoms with Gasteiger partial charge in [-0.05, 0) is 38.1 Å². The summed E-state index contributed by atoms with van der Waals surface area (Å²) >= 11 is 13.9. The number of nitrogens with zero attached hydrogens (tertiary/aromatic N) is 6. The summed E-state index contributed by atoms with van der Waals surface area (Å²) in [6.45, 7) is 5.35. The number of hydrogen-bond acceptors (Lipinski definition) is 8. The van der Waals surface area contributed by atoms with E-state index in [2.05, 4.69) is 10.1 Å². The Morgan fingerprint density at radius 2 is 2.03 bits per heavy atom. The largest absolute Gasteiger partial charge is 0.481 e. The lowest BCUT2D eigenvalue weighted by molar-refractivity contribution is -0.135. The van der Waals surface area contributed by atoms with Crippen LogP contribution in [-0.2, 0) is 16.0 Å². The van der Waals surface area contributed by atoms with E-state index in [9.17, 15) is 4.79 Å². The van der Waals surface area contributed by atoms with Gasteiger partial charge >= 0.3 is 0 Å². The highest BCUT2D eigenvalue weighted by atomic mass is 35.5. The van der Waals surface area contributed by atoms with Gasteiger partial charge < -0.3 is 19.3 Å². The minimum atomic E-state index is -0.754. The van der Waals surface area contributed by atoms with Crippen LogP contribution in [0.5, 0.6) is 5.75 Å². The van der Waals surface area contributed by atoms with Gasteiger partial charge in [-0.15, -0.1) is 0 Å². The molecule has 2 aliphatic rings. The van der Waals surface area contributed by atoms with Crippen LogP contribution in [-0.4, -0.2) is 69.3 Å². The van der Waals surface area contributed by atoms with Crippen LogP contribution in [0, 0.1) is 12.7 Å². The molecule has 0 aliphatic carbocycles. The smallest absolute Gasteiger partial charge is 0.261 e. The Balaban J connectivity index is 1.25. The Morgan fingerprint density at radius 3 is 2.74 bits per heavy atom. The molecule has 13 heteroatoms. The van der Waals surface area contributed by atoms with Crippen LogP contribution in [0.3, 0.4) is 0 Å². The Kier molecular flexibility index (Phi) is 6.65. The topological polar surface area (TPSA) is 85.1 Å². The minimum absolute atomic E-state index is 0.156. The fourth-order valence-corrected chi connectivity index (χ4v) is 6.27. The van der Waals surface area contributed by atoms with E-state index in [1.54, 1.807) is 40.8 Å². The summed E-state index contributed by atoms with van der Waals surface area (Å²) < 4.78 is 28.3. The lowest BCUT2D eigenvalue weighted by Crippen LogP contribution is -2.61. The summed E-state index contributed by atoms with van der Waals surface area (Å²) in [4.78, 5) is 27.1. The molecule has 1 unspecified atom stereocenters. The maximum absolute atomic E-state index is 15.3. The first-order valence-electron chi connectivity index (χ1n) is 12.3. The van der Waals surface area contributed by atoms with E-state index in [1.165, 1.54) is 17.4 Å². The normalized spacial score (nSPS) is 18.3. The van der Waals surface area contributed by atoms with Crippen molar-refractivity contribution in [2.45, 2.75) is 31.9 Å². The molecule has 1 fully saturated rings. The molecule has 4 aromatic rings. The zero-order valence-electron chi connectivity index (χ0n) is 21.4. The molecule has 1 aromatic carbocycles. The maximum Gasteiger partial charge on any atom is 0.261 e. The van der Waals surface area contributed by atoms with Crippen molar-refractivity contribution >= 4 is 51.2 Å². The number of hydrogen-bond donors (Lipinski definition) is 0. The molecule has 2 aliphatic heterocycles. The average Bonchev–Trinajstić information content (AvgIpc) is 3.41. The molecule has 1 saturated heterocycles. The highest BCUT2D eigenvalue weighted by Gasteiger charge is 2.40. The van der Waals surface area contributed by atoms with Crippen molar-refractivity contribution in [1.82, 2.24) is 24.5 Å². The first-order chi connectivity index (χ1) is 18.7. The molecule has 0 N–H and O–H groups in total. The van der Waals surface area contributed by atoms with Crippen LogP contribution in [0.4, 0.5) is 10.2 Å². The fourth-order valence-electron chi connectivity index (χ4n) is 5.14. The van der Waals surface area contributed by atoms with Crippen molar-refractivity contribution in [1.29, 1.82) is 0 Å². The van der Waals surface area contributed by atoms with E-state index in [4.69, 9.17) is 37.7 Å². The Morgan fingerprint density at radius 1 is 1.23 bits per heavy atom. The maximum atomic E-state index is 15.3. The molecule has 39 heavy (non-hydrogen) atoms. The quantitative estimate of drug-likeness (QED) is 0.300. The third-order valence-corrected chi connectivity index (χ3v) is 8.50. The summed E-state index contributed by atoms with van der Waals surface area (Å²) in [5.41, 5.74) is 1.55. The average molecular weight is 591 g/mol. The molecule has 0 bridgehead atoms. The van der Waals surface area contributed by atoms with Crippen LogP contribution >= 0.6 is 34.5 Å². The predicted molar refractivity (Wildman–Crippen MR) is 147 cm³/mol. The van der Waals surface area contributed by atoms with Gasteiger partial charge in [0.05, 0.1) is 17.0 Å². The Bertz CT molecular complexity index is 1590. The minimum Gasteiger partial charge on any atom is -0.481 e. The van der Waals surface area contributed by atoms with E-state index in [0.717, 1.165) is 10.7 Å². The summed E-state index contributed by atoms with van der Waals surface area (Å²) in [6.07, 6.45) is 0.509. The number of anilines is 1. The third kappa shape index (κ3) is 4.71. The number of pyridine rings is 1. The number of imidazole rings is 1. The zero-order valence-corrected chi connectivity index (χ0v) is 23.8. The zero-order chi connectivity index (χ0) is 27.5. The number of benzene rings is 1. The molecule has 5 heterocycles. The Hall–Kier alpha value is -2.99. The second kappa shape index (κ2) is 9.88. The number of ether oxygens (including phenoxy) is 2. The summed E-state index contributed by atoms with van der Waals surface area (Å²) in [7, 11) is 1.69. The molecule has 0 radical (unpaired) electrons. The molecule has 204 valence electrons. The second-order valence-electron chi connectivity index (χ2n) is 9.92. The number of rotatable bonds is 6. The van der Waals surface area contributed by atoms with Crippen LogP contribution in [0.25, 0.3) is 4.96 Å². The van der Waals surface area contributed by atoms with Crippen LogP contribution in [0.1, 0.15) is 34.9 Å². The van der Waals surface area contributed by atoms with Gasteiger partial charge in [-0.3, -0.25) is 4.79 Å². The number of amides is 1. The standard InChI is InChI=1S/C26H25Cl2FN6O3S/c1-14-32-35-23-18(30-25(35)39-14)8-9-34(22(23)16-5-4-15(27)10-17(16)29)21(36)11-38-19-6-7-20(31-24(19)28)33-12-26(2,13-33)37-3/h4-7,10,22H,8-9,11-13H2,1-3H3. The first-order valence-corrected chi connectivity index (χ1v) is 13.9. The van der Waals surface area contributed by atoms with E-state index in [0.29, 0.717) is 48.1 Å². The molecule has 6 rings (SSSR count). The van der Waals surface area contributed by atoms with Crippen LogP contribution in [0.2, 0.25) is 10.2 Å².